The van der Waals surface area contributed by atoms with Gasteiger partial charge in [0.1, 0.15) is 18.2 Å². The quantitative estimate of drug-likeness (QED) is 0.322. The number of ether oxygens (including phenoxy) is 3. The molecule has 3 aliphatic carbocycles. The van der Waals surface area contributed by atoms with Crippen LogP contribution in [0.3, 0.4) is 0 Å². The number of rotatable bonds is 5. The van der Waals surface area contributed by atoms with Crippen LogP contribution in [0.1, 0.15) is 52.5 Å². The molecule has 1 aromatic heterocycles. The Morgan fingerprint density at radius 1 is 1.10 bits per heavy atom. The molecule has 5 aliphatic rings. The van der Waals surface area contributed by atoms with Gasteiger partial charge in [-0.3, -0.25) is 19.3 Å². The summed E-state index contributed by atoms with van der Waals surface area (Å²) >= 11 is 1.59. The number of benzene rings is 2. The first-order valence-corrected chi connectivity index (χ1v) is 14.1. The van der Waals surface area contributed by atoms with Crippen LogP contribution in [-0.2, 0) is 15.2 Å². The molecule has 2 aliphatic heterocycles. The first-order valence-electron chi connectivity index (χ1n) is 13.1. The zero-order chi connectivity index (χ0) is 28.5. The first-order chi connectivity index (χ1) is 19.7. The van der Waals surface area contributed by atoms with E-state index in [-0.39, 0.29) is 43.2 Å². The van der Waals surface area contributed by atoms with E-state index >= 15 is 0 Å². The molecule has 0 unspecified atom stereocenters. The number of aromatic nitrogens is 1. The zero-order valence-corrected chi connectivity index (χ0v) is 22.8. The first kappa shape index (κ1) is 25.9. The minimum absolute atomic E-state index is 0.0621. The molecule has 12 heteroatoms. The Hall–Kier alpha value is -4.06. The van der Waals surface area contributed by atoms with Gasteiger partial charge in [-0.25, -0.2) is 13.6 Å². The lowest BCUT2D eigenvalue weighted by atomic mass is 9.46. The van der Waals surface area contributed by atoms with Gasteiger partial charge in [-0.05, 0) is 34.9 Å². The Labute approximate surface area is 237 Å². The summed E-state index contributed by atoms with van der Waals surface area (Å²) in [7, 11) is 1.13. The lowest BCUT2D eigenvalue weighted by Crippen LogP contribution is -2.79. The fraction of sp³-hybridized carbons (Fsp3) is 0.345. The molecule has 3 heterocycles. The van der Waals surface area contributed by atoms with Gasteiger partial charge in [0.05, 0.1) is 18.7 Å². The molecule has 0 radical (unpaired) electrons. The Morgan fingerprint density at radius 2 is 1.88 bits per heavy atom. The third-order valence-electron chi connectivity index (χ3n) is 8.40. The maximum atomic E-state index is 14.7. The molecule has 1 amide bonds. The summed E-state index contributed by atoms with van der Waals surface area (Å²) in [6.45, 7) is -0.556. The van der Waals surface area contributed by atoms with Crippen LogP contribution in [-0.4, -0.2) is 53.4 Å². The summed E-state index contributed by atoms with van der Waals surface area (Å²) in [5.41, 5.74) is -0.00443. The van der Waals surface area contributed by atoms with Crippen molar-refractivity contribution in [1.29, 1.82) is 0 Å². The number of amides is 1. The largest absolute Gasteiger partial charge is 0.510 e. The number of alkyl halides is 1. The van der Waals surface area contributed by atoms with Gasteiger partial charge in [0, 0.05) is 42.2 Å². The van der Waals surface area contributed by atoms with Crippen molar-refractivity contribution in [2.24, 2.45) is 0 Å². The molecule has 2 aromatic carbocycles. The number of hydrogen-bond acceptors (Lipinski definition) is 8. The van der Waals surface area contributed by atoms with E-state index in [0.29, 0.717) is 5.75 Å². The fourth-order valence-electron chi connectivity index (χ4n) is 6.58. The zero-order valence-electron chi connectivity index (χ0n) is 22.0. The molecule has 0 spiro atoms. The lowest BCUT2D eigenvalue weighted by molar-refractivity contribution is -0.214. The van der Waals surface area contributed by atoms with Crippen molar-refractivity contribution in [1.82, 2.24) is 9.58 Å². The minimum Gasteiger partial charge on any atom is -0.451 e. The van der Waals surface area contributed by atoms with Crippen molar-refractivity contribution in [3.05, 3.63) is 93.2 Å². The minimum atomic E-state index is -1.28. The van der Waals surface area contributed by atoms with E-state index in [1.807, 2.05) is 29.3 Å². The van der Waals surface area contributed by atoms with Crippen LogP contribution in [0.15, 0.2) is 64.4 Å². The number of methoxy groups -OCH3 is 1. The second-order valence-electron chi connectivity index (χ2n) is 10.9. The van der Waals surface area contributed by atoms with E-state index in [1.54, 1.807) is 27.4 Å². The van der Waals surface area contributed by atoms with E-state index in [9.17, 15) is 23.2 Å². The second-order valence-corrected chi connectivity index (χ2v) is 11.9. The number of fused-ring (bicyclic) bond motifs is 3. The summed E-state index contributed by atoms with van der Waals surface area (Å²) in [5, 5.41) is 1.93. The van der Waals surface area contributed by atoms with Gasteiger partial charge >= 0.3 is 6.16 Å². The van der Waals surface area contributed by atoms with Gasteiger partial charge < -0.3 is 19.1 Å². The van der Waals surface area contributed by atoms with Crippen LogP contribution < -0.4 is 15.2 Å². The number of halogens is 2. The summed E-state index contributed by atoms with van der Waals surface area (Å²) < 4.78 is 45.6. The van der Waals surface area contributed by atoms with Crippen molar-refractivity contribution < 1.29 is 32.6 Å². The standard InChI is InChI=1S/C29H25F2N3O6S/c1-38-27(37)40-16-39-25-21(35)8-9-33-24(25)26(36)32(29-12-28(31,13-29)14-29)15-34(33)23-19-7-6-18(30)10-17(19)11-41-22-5-3-2-4-20(22)23/h2-10,23H,11-16H2,1H3/t23-,28?,29?/m0/s1. The van der Waals surface area contributed by atoms with Crippen LogP contribution in [0, 0.1) is 5.82 Å². The summed E-state index contributed by atoms with van der Waals surface area (Å²) in [5.74, 6) is -0.587. The van der Waals surface area contributed by atoms with E-state index in [2.05, 4.69) is 4.74 Å². The molecule has 3 saturated carbocycles. The number of hydrogen-bond donors (Lipinski definition) is 0. The van der Waals surface area contributed by atoms with Crippen LogP contribution in [0.5, 0.6) is 5.75 Å². The van der Waals surface area contributed by atoms with Crippen molar-refractivity contribution in [2.45, 2.75) is 47.2 Å². The smallest absolute Gasteiger partial charge is 0.451 e. The molecule has 41 heavy (non-hydrogen) atoms. The molecule has 212 valence electrons. The summed E-state index contributed by atoms with van der Waals surface area (Å²) in [6.07, 6.45) is 1.15. The van der Waals surface area contributed by atoms with Crippen LogP contribution in [0.4, 0.5) is 13.6 Å². The number of carbonyl (C=O) groups is 2. The molecule has 3 aromatic rings. The maximum absolute atomic E-state index is 14.7. The monoisotopic (exact) mass is 581 g/mol. The van der Waals surface area contributed by atoms with Crippen LogP contribution >= 0.6 is 11.8 Å². The van der Waals surface area contributed by atoms with Crippen molar-refractivity contribution in [3.8, 4) is 5.75 Å². The summed E-state index contributed by atoms with van der Waals surface area (Å²) in [4.78, 5) is 41.3. The average Bonchev–Trinajstić information content (AvgIpc) is 3.09. The number of nitrogens with zero attached hydrogens (tertiary/aromatic N) is 3. The highest BCUT2D eigenvalue weighted by molar-refractivity contribution is 7.98. The molecular weight excluding hydrogens is 556 g/mol. The highest BCUT2D eigenvalue weighted by Crippen LogP contribution is 2.66. The number of pyridine rings is 1. The van der Waals surface area contributed by atoms with E-state index in [1.165, 1.54) is 24.4 Å². The Balaban J connectivity index is 1.40. The number of carbonyl (C=O) groups excluding carboxylic acids is 2. The predicted molar refractivity (Wildman–Crippen MR) is 144 cm³/mol. The molecule has 2 bridgehead atoms. The molecular formula is C29H25F2N3O6S. The normalized spacial score (nSPS) is 25.5. The van der Waals surface area contributed by atoms with Gasteiger partial charge in [0.15, 0.2) is 5.69 Å². The van der Waals surface area contributed by atoms with E-state index in [0.717, 1.165) is 28.7 Å². The SMILES string of the molecule is COC(=O)OCOc1c2n(ccc1=O)N([C@H]1c3ccc(F)cc3CSc3ccccc31)CN(C13CC(F)(C1)C3)C2=O. The van der Waals surface area contributed by atoms with Gasteiger partial charge in [-0.2, -0.15) is 0 Å². The lowest BCUT2D eigenvalue weighted by Gasteiger charge is -2.70. The Bertz CT molecular complexity index is 1640. The Morgan fingerprint density at radius 3 is 2.63 bits per heavy atom. The van der Waals surface area contributed by atoms with Gasteiger partial charge in [-0.1, -0.05) is 24.3 Å². The topological polar surface area (TPSA) is 90.3 Å². The highest BCUT2D eigenvalue weighted by atomic mass is 32.2. The van der Waals surface area contributed by atoms with Crippen LogP contribution in [0.2, 0.25) is 0 Å². The van der Waals surface area contributed by atoms with Gasteiger partial charge in [0.2, 0.25) is 18.0 Å². The third kappa shape index (κ3) is 3.98. The van der Waals surface area contributed by atoms with Crippen molar-refractivity contribution in [2.75, 3.05) is 25.6 Å². The van der Waals surface area contributed by atoms with Gasteiger partial charge in [0.25, 0.3) is 5.91 Å². The predicted octanol–water partition coefficient (Wildman–Crippen LogP) is 4.50. The molecule has 1 atom stereocenters. The highest BCUT2D eigenvalue weighted by Gasteiger charge is 2.73. The Kier molecular flexibility index (Phi) is 5.83. The fourth-order valence-corrected chi connectivity index (χ4v) is 7.66. The van der Waals surface area contributed by atoms with E-state index in [4.69, 9.17) is 9.47 Å². The molecule has 0 N–H and O–H groups in total. The molecule has 3 fully saturated rings. The number of thioether (sulfide) groups is 1. The second kappa shape index (κ2) is 9.23. The molecule has 0 saturated heterocycles. The summed E-state index contributed by atoms with van der Waals surface area (Å²) in [6, 6.07) is 13.3. The van der Waals surface area contributed by atoms with Gasteiger partial charge in [-0.15, -0.1) is 11.8 Å². The van der Waals surface area contributed by atoms with E-state index < -0.39 is 41.5 Å². The maximum Gasteiger partial charge on any atom is 0.510 e. The van der Waals surface area contributed by atoms with Crippen molar-refractivity contribution >= 4 is 23.8 Å². The average molecular weight is 582 g/mol. The van der Waals surface area contributed by atoms with Crippen molar-refractivity contribution in [3.63, 3.8) is 0 Å². The third-order valence-corrected chi connectivity index (χ3v) is 9.54. The molecule has 9 nitrogen and oxygen atoms in total. The van der Waals surface area contributed by atoms with Crippen LogP contribution in [0.25, 0.3) is 0 Å². The molecule has 8 rings (SSSR count).